The van der Waals surface area contributed by atoms with Crippen molar-refractivity contribution in [2.45, 2.75) is 44.4 Å². The van der Waals surface area contributed by atoms with Crippen molar-refractivity contribution in [2.75, 3.05) is 5.75 Å². The minimum absolute atomic E-state index is 0.00491. The topological polar surface area (TPSA) is 67.0 Å². The molecule has 1 aromatic rings. The van der Waals surface area contributed by atoms with Gasteiger partial charge in [-0.05, 0) is 18.6 Å². The van der Waals surface area contributed by atoms with E-state index in [4.69, 9.17) is 0 Å². The average Bonchev–Trinajstić information content (AvgIpc) is 2.15. The average molecular weight is 257 g/mol. The van der Waals surface area contributed by atoms with Crippen molar-refractivity contribution in [3.05, 3.63) is 28.2 Å². The van der Waals surface area contributed by atoms with E-state index in [2.05, 4.69) is 4.98 Å². The Morgan fingerprint density at radius 1 is 1.24 bits per heavy atom. The molecule has 0 amide bonds. The molecular formula is C12H19NO3S. The van der Waals surface area contributed by atoms with Gasteiger partial charge in [-0.1, -0.05) is 27.7 Å². The van der Waals surface area contributed by atoms with E-state index in [0.29, 0.717) is 6.42 Å². The van der Waals surface area contributed by atoms with E-state index in [0.717, 1.165) is 5.69 Å². The second-order valence-corrected chi connectivity index (χ2v) is 7.21. The van der Waals surface area contributed by atoms with Crippen LogP contribution in [0.4, 0.5) is 0 Å². The zero-order valence-electron chi connectivity index (χ0n) is 10.7. The summed E-state index contributed by atoms with van der Waals surface area (Å²) in [5, 5.41) is 0. The highest BCUT2D eigenvalue weighted by atomic mass is 32.2. The summed E-state index contributed by atoms with van der Waals surface area (Å²) >= 11 is 0. The van der Waals surface area contributed by atoms with Crippen LogP contribution < -0.4 is 5.56 Å². The highest BCUT2D eigenvalue weighted by Crippen LogP contribution is 2.19. The van der Waals surface area contributed by atoms with Gasteiger partial charge in [-0.15, -0.1) is 0 Å². The number of sulfone groups is 1. The summed E-state index contributed by atoms with van der Waals surface area (Å²) in [6, 6.07) is 3.08. The lowest BCUT2D eigenvalue weighted by Crippen LogP contribution is -2.24. The summed E-state index contributed by atoms with van der Waals surface area (Å²) in [5.41, 5.74) is 0.00970. The van der Waals surface area contributed by atoms with Crippen LogP contribution >= 0.6 is 0 Å². The first kappa shape index (κ1) is 14.0. The summed E-state index contributed by atoms with van der Waals surface area (Å²) in [6.07, 6.45) is 0.503. The molecule has 1 rings (SSSR count). The molecule has 0 aliphatic rings. The molecule has 0 bridgehead atoms. The molecule has 0 aliphatic heterocycles. The monoisotopic (exact) mass is 257 g/mol. The molecule has 0 aromatic carbocycles. The van der Waals surface area contributed by atoms with Gasteiger partial charge in [-0.25, -0.2) is 8.42 Å². The highest BCUT2D eigenvalue weighted by Gasteiger charge is 2.20. The van der Waals surface area contributed by atoms with Crippen LogP contribution in [-0.4, -0.2) is 19.2 Å². The van der Waals surface area contributed by atoms with Gasteiger partial charge in [0.2, 0.25) is 0 Å². The summed E-state index contributed by atoms with van der Waals surface area (Å²) in [6.45, 7) is 7.64. The van der Waals surface area contributed by atoms with Crippen molar-refractivity contribution in [3.63, 3.8) is 0 Å². The number of H-pyrrole nitrogens is 1. The Kier molecular flexibility index (Phi) is 3.81. The third-order valence-corrected chi connectivity index (χ3v) is 4.43. The fourth-order valence-corrected chi connectivity index (χ4v) is 2.89. The van der Waals surface area contributed by atoms with Crippen molar-refractivity contribution in [3.8, 4) is 0 Å². The predicted molar refractivity (Wildman–Crippen MR) is 68.1 cm³/mol. The molecule has 0 fully saturated rings. The van der Waals surface area contributed by atoms with Crippen molar-refractivity contribution in [2.24, 2.45) is 0 Å². The molecule has 1 heterocycles. The van der Waals surface area contributed by atoms with E-state index < -0.39 is 15.4 Å². The molecule has 17 heavy (non-hydrogen) atoms. The molecule has 0 saturated carbocycles. The SMILES string of the molecule is CCCS(=O)(=O)c1ccc(C(C)(C)C)[nH]c1=O. The Morgan fingerprint density at radius 2 is 1.82 bits per heavy atom. The predicted octanol–water partition coefficient (Wildman–Crippen LogP) is 1.86. The zero-order chi connectivity index (χ0) is 13.3. The Balaban J connectivity index is 3.30. The summed E-state index contributed by atoms with van der Waals surface area (Å²) in [7, 11) is -3.45. The van der Waals surface area contributed by atoms with E-state index >= 15 is 0 Å². The second kappa shape index (κ2) is 4.64. The van der Waals surface area contributed by atoms with E-state index in [1.165, 1.54) is 6.07 Å². The summed E-state index contributed by atoms with van der Waals surface area (Å²) in [5.74, 6) is 0.00491. The molecule has 0 unspecified atom stereocenters. The number of aromatic amines is 1. The number of rotatable bonds is 3. The molecule has 0 saturated heterocycles. The summed E-state index contributed by atoms with van der Waals surface area (Å²) in [4.78, 5) is 14.3. The van der Waals surface area contributed by atoms with Gasteiger partial charge in [0.05, 0.1) is 5.75 Å². The maximum absolute atomic E-state index is 11.8. The number of hydrogen-bond acceptors (Lipinski definition) is 3. The molecule has 0 radical (unpaired) electrons. The minimum Gasteiger partial charge on any atom is -0.325 e. The molecule has 96 valence electrons. The lowest BCUT2D eigenvalue weighted by molar-refractivity contribution is 0.562. The Labute approximate surface area is 102 Å². The van der Waals surface area contributed by atoms with Crippen molar-refractivity contribution in [1.82, 2.24) is 4.98 Å². The lowest BCUT2D eigenvalue weighted by Gasteiger charge is -2.18. The maximum atomic E-state index is 11.8. The third-order valence-electron chi connectivity index (χ3n) is 2.49. The van der Waals surface area contributed by atoms with Crippen molar-refractivity contribution < 1.29 is 8.42 Å². The number of nitrogens with one attached hydrogen (secondary N) is 1. The number of aromatic nitrogens is 1. The summed E-state index contributed by atoms with van der Waals surface area (Å²) < 4.78 is 23.6. The molecule has 1 aromatic heterocycles. The normalized spacial score (nSPS) is 12.7. The van der Waals surface area contributed by atoms with Crippen LogP contribution in [0.5, 0.6) is 0 Å². The fourth-order valence-electron chi connectivity index (χ4n) is 1.52. The molecule has 0 aliphatic carbocycles. The van der Waals surface area contributed by atoms with E-state index in [1.807, 2.05) is 20.8 Å². The molecule has 5 heteroatoms. The van der Waals surface area contributed by atoms with Gasteiger partial charge >= 0.3 is 0 Å². The molecule has 0 atom stereocenters. The van der Waals surface area contributed by atoms with Gasteiger partial charge in [0.25, 0.3) is 5.56 Å². The number of pyridine rings is 1. The van der Waals surface area contributed by atoms with Gasteiger partial charge in [-0.3, -0.25) is 4.79 Å². The van der Waals surface area contributed by atoms with Gasteiger partial charge in [0, 0.05) is 11.1 Å². The van der Waals surface area contributed by atoms with Crippen LogP contribution in [0.2, 0.25) is 0 Å². The first-order valence-electron chi connectivity index (χ1n) is 5.65. The molecule has 1 N–H and O–H groups in total. The zero-order valence-corrected chi connectivity index (χ0v) is 11.5. The van der Waals surface area contributed by atoms with Crippen LogP contribution in [0.25, 0.3) is 0 Å². The Hall–Kier alpha value is -1.10. The van der Waals surface area contributed by atoms with Gasteiger partial charge in [-0.2, -0.15) is 0 Å². The van der Waals surface area contributed by atoms with Gasteiger partial charge in [0.1, 0.15) is 4.90 Å². The van der Waals surface area contributed by atoms with Gasteiger partial charge in [0.15, 0.2) is 9.84 Å². The van der Waals surface area contributed by atoms with Crippen molar-refractivity contribution in [1.29, 1.82) is 0 Å². The Morgan fingerprint density at radius 3 is 2.24 bits per heavy atom. The molecule has 4 nitrogen and oxygen atoms in total. The van der Waals surface area contributed by atoms with Crippen LogP contribution in [0.1, 0.15) is 39.8 Å². The minimum atomic E-state index is -3.45. The smallest absolute Gasteiger partial charge is 0.266 e. The van der Waals surface area contributed by atoms with Gasteiger partial charge < -0.3 is 4.98 Å². The first-order chi connectivity index (χ1) is 7.68. The Bertz CT molecular complexity index is 550. The third kappa shape index (κ3) is 3.19. The molecule has 0 spiro atoms. The van der Waals surface area contributed by atoms with Crippen molar-refractivity contribution >= 4 is 9.84 Å². The fraction of sp³-hybridized carbons (Fsp3) is 0.583. The van der Waals surface area contributed by atoms with Crippen LogP contribution in [0.15, 0.2) is 21.8 Å². The van der Waals surface area contributed by atoms with E-state index in [9.17, 15) is 13.2 Å². The molecular weight excluding hydrogens is 238 g/mol. The van der Waals surface area contributed by atoms with Crippen LogP contribution in [0.3, 0.4) is 0 Å². The highest BCUT2D eigenvalue weighted by molar-refractivity contribution is 7.91. The first-order valence-corrected chi connectivity index (χ1v) is 7.30. The largest absolute Gasteiger partial charge is 0.325 e. The maximum Gasteiger partial charge on any atom is 0.266 e. The standard InChI is InChI=1S/C12H19NO3S/c1-5-8-17(15,16)9-6-7-10(12(2,3)4)13-11(9)14/h6-7H,5,8H2,1-4H3,(H,13,14). The van der Waals surface area contributed by atoms with Crippen LogP contribution in [-0.2, 0) is 15.3 Å². The van der Waals surface area contributed by atoms with Crippen LogP contribution in [0, 0.1) is 0 Å². The van der Waals surface area contributed by atoms with E-state index in [-0.39, 0.29) is 16.1 Å². The second-order valence-electron chi connectivity index (χ2n) is 5.13. The lowest BCUT2D eigenvalue weighted by atomic mass is 9.92. The van der Waals surface area contributed by atoms with E-state index in [1.54, 1.807) is 13.0 Å². The quantitative estimate of drug-likeness (QED) is 0.898. The number of hydrogen-bond donors (Lipinski definition) is 1.